The summed E-state index contributed by atoms with van der Waals surface area (Å²) in [5.41, 5.74) is 0. The molecule has 1 amide bonds. The smallest absolute Gasteiger partial charge is 0.544 e. The van der Waals surface area contributed by atoms with Gasteiger partial charge in [-0.3, -0.25) is 4.79 Å². The molecule has 1 aliphatic heterocycles. The van der Waals surface area contributed by atoms with Gasteiger partial charge in [-0.2, -0.15) is 0 Å². The first-order valence-electron chi connectivity index (χ1n) is 6.16. The van der Waals surface area contributed by atoms with E-state index in [2.05, 4.69) is 5.32 Å². The summed E-state index contributed by atoms with van der Waals surface area (Å²) in [6, 6.07) is -1.29. The van der Waals surface area contributed by atoms with Crippen LogP contribution >= 0.6 is 0 Å². The molecule has 0 aromatic rings. The van der Waals surface area contributed by atoms with Crippen molar-refractivity contribution in [1.29, 1.82) is 0 Å². The van der Waals surface area contributed by atoms with E-state index in [0.717, 1.165) is 6.92 Å². The molecule has 6 atom stereocenters. The van der Waals surface area contributed by atoms with Crippen LogP contribution < -0.4 is 40.0 Å². The number of rotatable bonds is 5. The minimum atomic E-state index is -2.89. The van der Waals surface area contributed by atoms with Crippen molar-refractivity contribution in [2.45, 2.75) is 49.6 Å². The number of hydrogen-bond acceptors (Lipinski definition) is 9. The van der Waals surface area contributed by atoms with E-state index in [1.165, 1.54) is 0 Å². The van der Waals surface area contributed by atoms with Crippen molar-refractivity contribution < 1.29 is 74.5 Å². The van der Waals surface area contributed by atoms with Crippen LogP contribution in [0.4, 0.5) is 0 Å². The van der Waals surface area contributed by atoms with Crippen molar-refractivity contribution in [2.75, 3.05) is 6.61 Å². The van der Waals surface area contributed by atoms with Gasteiger partial charge in [0.05, 0.1) is 18.8 Å². The second-order valence-corrected chi connectivity index (χ2v) is 4.89. The third-order valence-electron chi connectivity index (χ3n) is 3.19. The Morgan fingerprint density at radius 3 is 2.41 bits per heavy atom. The Morgan fingerprint density at radius 2 is 2.00 bits per heavy atom. The first kappa shape index (κ1) is 21.7. The number of carbonyl (C=O) groups is 2. The molecule has 3 unspecified atom stereocenters. The van der Waals surface area contributed by atoms with Crippen LogP contribution in [0.2, 0.25) is 0 Å². The van der Waals surface area contributed by atoms with E-state index in [9.17, 15) is 35.1 Å². The molecule has 0 aromatic heterocycles. The van der Waals surface area contributed by atoms with Gasteiger partial charge in [0, 0.05) is 13.3 Å². The fourth-order valence-electron chi connectivity index (χ4n) is 2.13. The number of carbonyl (C=O) groups excluding carboxylic acids is 2. The van der Waals surface area contributed by atoms with E-state index in [0.29, 0.717) is 0 Å². The predicted molar refractivity (Wildman–Crippen MR) is 62.2 cm³/mol. The summed E-state index contributed by atoms with van der Waals surface area (Å²) in [6.45, 7) is 0.228. The van der Waals surface area contributed by atoms with Crippen molar-refractivity contribution in [3.8, 4) is 0 Å². The molecule has 10 nitrogen and oxygen atoms in total. The average molecular weight is 331 g/mol. The van der Waals surface area contributed by atoms with E-state index >= 15 is 0 Å². The van der Waals surface area contributed by atoms with E-state index < -0.39 is 61.1 Å². The Balaban J connectivity index is 0.00000441. The van der Waals surface area contributed by atoms with Crippen LogP contribution in [-0.4, -0.2) is 80.3 Å². The molecule has 0 spiro atoms. The van der Waals surface area contributed by atoms with Crippen LogP contribution in [0, 0.1) is 0 Å². The molecule has 0 radical (unpaired) electrons. The zero-order valence-electron chi connectivity index (χ0n) is 12.2. The number of aliphatic hydroxyl groups is 5. The van der Waals surface area contributed by atoms with E-state index in [4.69, 9.17) is 9.84 Å². The van der Waals surface area contributed by atoms with Gasteiger partial charge in [-0.15, -0.1) is 0 Å². The summed E-state index contributed by atoms with van der Waals surface area (Å²) in [5.74, 6) is -5.55. The van der Waals surface area contributed by atoms with E-state index in [-0.39, 0.29) is 29.6 Å². The molecule has 11 heteroatoms. The second kappa shape index (κ2) is 8.52. The number of ether oxygens (including phenoxy) is 1. The molecule has 1 aliphatic rings. The summed E-state index contributed by atoms with van der Waals surface area (Å²) < 4.78 is 4.80. The zero-order chi connectivity index (χ0) is 16.4. The standard InChI is InChI=1S/C11H19NO9.Na/c1-4(14)12-7-5(15)2-11(20,10(18)19)21-9(7)8(17)6(16)3-13;/h5-9,13,15-17,20H,2-3H2,1H3,(H,12,14)(H,18,19);/q;+1/p-1/t5-,6?,7+,8?,9+,11?;/m0./s1. The molecule has 1 rings (SSSR count). The zero-order valence-corrected chi connectivity index (χ0v) is 14.2. The molecular formula is C11H18NNaO9. The number of aliphatic carboxylic acids is 1. The number of hydrogen-bond donors (Lipinski definition) is 6. The maximum atomic E-state index is 11.1. The van der Waals surface area contributed by atoms with Crippen molar-refractivity contribution >= 4 is 11.9 Å². The van der Waals surface area contributed by atoms with Gasteiger partial charge in [0.2, 0.25) is 11.7 Å². The van der Waals surface area contributed by atoms with Gasteiger partial charge in [0.1, 0.15) is 24.3 Å². The number of carboxylic acid groups (broad SMARTS) is 1. The van der Waals surface area contributed by atoms with Gasteiger partial charge < -0.3 is 45.5 Å². The van der Waals surface area contributed by atoms with Gasteiger partial charge in [-0.05, 0) is 0 Å². The molecule has 0 bridgehead atoms. The Bertz CT molecular complexity index is 409. The van der Waals surface area contributed by atoms with Crippen molar-refractivity contribution in [3.05, 3.63) is 0 Å². The molecule has 1 saturated heterocycles. The van der Waals surface area contributed by atoms with Gasteiger partial charge >= 0.3 is 29.6 Å². The Labute approximate surface area is 148 Å². The molecular weight excluding hydrogens is 313 g/mol. The van der Waals surface area contributed by atoms with Crippen molar-refractivity contribution in [3.63, 3.8) is 0 Å². The first-order valence-corrected chi connectivity index (χ1v) is 6.16. The second-order valence-electron chi connectivity index (χ2n) is 4.89. The molecule has 0 aliphatic carbocycles. The quantitative estimate of drug-likeness (QED) is 0.267. The van der Waals surface area contributed by atoms with Crippen molar-refractivity contribution in [2.24, 2.45) is 0 Å². The molecule has 22 heavy (non-hydrogen) atoms. The van der Waals surface area contributed by atoms with Crippen LogP contribution in [-0.2, 0) is 14.3 Å². The number of amides is 1. The third kappa shape index (κ3) is 4.85. The third-order valence-corrected chi connectivity index (χ3v) is 3.19. The van der Waals surface area contributed by atoms with Gasteiger partial charge in [0.25, 0.3) is 0 Å². The fourth-order valence-corrected chi connectivity index (χ4v) is 2.13. The number of nitrogens with one attached hydrogen (secondary N) is 1. The summed E-state index contributed by atoms with van der Waals surface area (Å²) in [4.78, 5) is 22.0. The Kier molecular flexibility index (Phi) is 8.41. The number of aliphatic hydroxyl groups excluding tert-OH is 4. The average Bonchev–Trinajstić information content (AvgIpc) is 2.39. The molecule has 1 heterocycles. The van der Waals surface area contributed by atoms with Crippen LogP contribution in [0.15, 0.2) is 0 Å². The summed E-state index contributed by atoms with van der Waals surface area (Å²) in [7, 11) is 0. The van der Waals surface area contributed by atoms with Gasteiger partial charge in [-0.1, -0.05) is 0 Å². The van der Waals surface area contributed by atoms with E-state index in [1.54, 1.807) is 0 Å². The first-order chi connectivity index (χ1) is 9.62. The van der Waals surface area contributed by atoms with Crippen LogP contribution in [0.25, 0.3) is 0 Å². The molecule has 6 N–H and O–H groups in total. The van der Waals surface area contributed by atoms with Crippen molar-refractivity contribution in [1.82, 2.24) is 5.32 Å². The Hall–Kier alpha value is -0.300. The van der Waals surface area contributed by atoms with Crippen LogP contribution in [0.1, 0.15) is 13.3 Å². The minimum absolute atomic E-state index is 0. The SMILES string of the molecule is CC(=O)N[C@@H]1[C@@H](O)CC(O)(C(=O)[O-])O[C@H]1C(O)C(O)CO.[Na+]. The monoisotopic (exact) mass is 331 g/mol. The maximum absolute atomic E-state index is 11.1. The fraction of sp³-hybridized carbons (Fsp3) is 0.818. The van der Waals surface area contributed by atoms with Crippen LogP contribution in [0.5, 0.6) is 0 Å². The summed E-state index contributed by atoms with van der Waals surface area (Å²) in [5, 5.41) is 60.8. The van der Waals surface area contributed by atoms with E-state index in [1.807, 2.05) is 0 Å². The number of carboxylic acids is 1. The molecule has 1 fully saturated rings. The molecule has 0 aromatic carbocycles. The van der Waals surface area contributed by atoms with Crippen LogP contribution in [0.3, 0.4) is 0 Å². The normalized spacial score (nSPS) is 34.2. The predicted octanol–water partition coefficient (Wildman–Crippen LogP) is -8.20. The minimum Gasteiger partial charge on any atom is -0.544 e. The molecule has 122 valence electrons. The van der Waals surface area contributed by atoms with Gasteiger partial charge in [0.15, 0.2) is 0 Å². The topological polar surface area (TPSA) is 180 Å². The Morgan fingerprint density at radius 1 is 1.45 bits per heavy atom. The maximum Gasteiger partial charge on any atom is 1.00 e. The summed E-state index contributed by atoms with van der Waals surface area (Å²) >= 11 is 0. The molecule has 0 saturated carbocycles. The largest absolute Gasteiger partial charge is 1.00 e. The summed E-state index contributed by atoms with van der Waals surface area (Å²) in [6.07, 6.45) is -7.67. The van der Waals surface area contributed by atoms with Gasteiger partial charge in [-0.25, -0.2) is 0 Å².